The maximum absolute atomic E-state index is 7.68. The summed E-state index contributed by atoms with van der Waals surface area (Å²) < 4.78 is 23.0. The largest absolute Gasteiger partial charge is 0.408 e. The Morgan fingerprint density at radius 3 is 0.861 bits per heavy atom. The lowest BCUT2D eigenvalue weighted by Gasteiger charge is -2.58. The summed E-state index contributed by atoms with van der Waals surface area (Å²) in [7, 11) is -8.87. The summed E-state index contributed by atoms with van der Waals surface area (Å²) in [5.41, 5.74) is 0.842. The minimum Gasteiger partial charge on any atom is -0.408 e. The maximum Gasteiger partial charge on any atom is 0.358 e. The molecule has 192 valence electrons. The Morgan fingerprint density at radius 2 is 0.667 bits per heavy atom. The van der Waals surface area contributed by atoms with Gasteiger partial charge >= 0.3 is 25.7 Å². The average molecular weight is 535 g/mol. The lowest BCUT2D eigenvalue weighted by Crippen LogP contribution is -2.82. The van der Waals surface area contributed by atoms with Crippen molar-refractivity contribution in [1.29, 1.82) is 0 Å². The molecule has 0 unspecified atom stereocenters. The number of rotatable bonds is 9. The molecular formula is C30H42O3Si3. The molecule has 3 atom stereocenters. The smallest absolute Gasteiger partial charge is 0.358 e. The van der Waals surface area contributed by atoms with E-state index in [0.717, 1.165) is 19.3 Å². The van der Waals surface area contributed by atoms with Gasteiger partial charge < -0.3 is 12.3 Å². The third-order valence-corrected chi connectivity index (χ3v) is 24.0. The van der Waals surface area contributed by atoms with Crippen LogP contribution in [0.2, 0.25) is 16.6 Å². The molecule has 3 aromatic carbocycles. The van der Waals surface area contributed by atoms with Crippen LogP contribution in [0.1, 0.15) is 60.8 Å². The van der Waals surface area contributed by atoms with Crippen molar-refractivity contribution in [2.75, 3.05) is 0 Å². The molecule has 1 aliphatic rings. The topological polar surface area (TPSA) is 27.7 Å². The molecule has 0 aromatic heterocycles. The summed E-state index contributed by atoms with van der Waals surface area (Å²) in [4.78, 5) is 0. The van der Waals surface area contributed by atoms with Crippen LogP contribution in [-0.2, 0) is 12.3 Å². The van der Waals surface area contributed by atoms with Gasteiger partial charge in [-0.25, -0.2) is 0 Å². The highest BCUT2D eigenvalue weighted by Gasteiger charge is 2.68. The Morgan fingerprint density at radius 1 is 0.444 bits per heavy atom. The summed E-state index contributed by atoms with van der Waals surface area (Å²) in [6.45, 7) is 13.8. The Kier molecular flexibility index (Phi) is 8.54. The molecule has 0 N–H and O–H groups in total. The first-order valence-electron chi connectivity index (χ1n) is 13.7. The lowest BCUT2D eigenvalue weighted by molar-refractivity contribution is 0.214. The van der Waals surface area contributed by atoms with Crippen molar-refractivity contribution in [3.05, 3.63) is 91.0 Å². The maximum atomic E-state index is 7.68. The van der Waals surface area contributed by atoms with Crippen LogP contribution in [0.4, 0.5) is 0 Å². The molecule has 36 heavy (non-hydrogen) atoms. The molecule has 0 bridgehead atoms. The molecule has 0 spiro atoms. The van der Waals surface area contributed by atoms with E-state index in [1.54, 1.807) is 0 Å². The zero-order valence-electron chi connectivity index (χ0n) is 22.7. The van der Waals surface area contributed by atoms with E-state index in [4.69, 9.17) is 12.3 Å². The van der Waals surface area contributed by atoms with Gasteiger partial charge in [-0.2, -0.15) is 0 Å². The van der Waals surface area contributed by atoms with Gasteiger partial charge in [0, 0.05) is 16.6 Å². The highest BCUT2D eigenvalue weighted by molar-refractivity contribution is 7.07. The Bertz CT molecular complexity index is 947. The zero-order chi connectivity index (χ0) is 25.8. The van der Waals surface area contributed by atoms with Gasteiger partial charge in [-0.05, 0) is 15.6 Å². The molecule has 0 radical (unpaired) electrons. The second-order valence-electron chi connectivity index (χ2n) is 10.3. The SMILES string of the molecule is CC[C@H](C)[Si]1(c2ccccc2)O[Si](c2ccccc2)([C@@H](C)CC)O[Si](c2ccccc2)([C@@H](C)CC)O1. The second kappa shape index (κ2) is 11.3. The molecule has 1 heterocycles. The second-order valence-corrected chi connectivity index (χ2v) is 21.5. The van der Waals surface area contributed by atoms with E-state index in [1.165, 1.54) is 15.6 Å². The number of hydrogen-bond donors (Lipinski definition) is 0. The summed E-state index contributed by atoms with van der Waals surface area (Å²) in [6.07, 6.45) is 3.00. The van der Waals surface area contributed by atoms with Gasteiger partial charge in [0.15, 0.2) is 0 Å². The first-order chi connectivity index (χ1) is 17.4. The Labute approximate surface area is 221 Å². The molecule has 0 saturated carbocycles. The Hall–Kier alpha value is -1.81. The van der Waals surface area contributed by atoms with Crippen molar-refractivity contribution in [1.82, 2.24) is 0 Å². The van der Waals surface area contributed by atoms with Crippen molar-refractivity contribution in [2.24, 2.45) is 0 Å². The molecular weight excluding hydrogens is 493 g/mol. The molecule has 6 heteroatoms. The van der Waals surface area contributed by atoms with E-state index in [2.05, 4.69) is 133 Å². The molecule has 1 fully saturated rings. The fraction of sp³-hybridized carbons (Fsp3) is 0.400. The van der Waals surface area contributed by atoms with E-state index in [0.29, 0.717) is 0 Å². The predicted molar refractivity (Wildman–Crippen MR) is 158 cm³/mol. The van der Waals surface area contributed by atoms with Crippen molar-refractivity contribution >= 4 is 41.2 Å². The lowest BCUT2D eigenvalue weighted by atomic mass is 10.4. The van der Waals surface area contributed by atoms with Crippen LogP contribution in [-0.4, -0.2) is 25.7 Å². The van der Waals surface area contributed by atoms with Crippen LogP contribution in [0.15, 0.2) is 91.0 Å². The van der Waals surface area contributed by atoms with E-state index in [1.807, 2.05) is 0 Å². The van der Waals surface area contributed by atoms with Crippen LogP contribution >= 0.6 is 0 Å². The molecule has 3 nitrogen and oxygen atoms in total. The van der Waals surface area contributed by atoms with Crippen molar-refractivity contribution < 1.29 is 12.3 Å². The summed E-state index contributed by atoms with van der Waals surface area (Å²) >= 11 is 0. The quantitative estimate of drug-likeness (QED) is 0.293. The van der Waals surface area contributed by atoms with E-state index in [9.17, 15) is 0 Å². The van der Waals surface area contributed by atoms with Gasteiger partial charge in [0.2, 0.25) is 0 Å². The van der Waals surface area contributed by atoms with Gasteiger partial charge in [-0.3, -0.25) is 0 Å². The van der Waals surface area contributed by atoms with Crippen molar-refractivity contribution in [3.8, 4) is 0 Å². The summed E-state index contributed by atoms with van der Waals surface area (Å²) in [6, 6.07) is 32.5. The Balaban J connectivity index is 2.10. The third kappa shape index (κ3) is 4.64. The molecule has 4 rings (SSSR count). The minimum absolute atomic E-state index is 0.281. The molecule has 0 amide bonds. The number of hydrogen-bond acceptors (Lipinski definition) is 3. The van der Waals surface area contributed by atoms with Gasteiger partial charge in [-0.15, -0.1) is 0 Å². The predicted octanol–water partition coefficient (Wildman–Crippen LogP) is 6.50. The van der Waals surface area contributed by atoms with Crippen molar-refractivity contribution in [3.63, 3.8) is 0 Å². The average Bonchev–Trinajstić information content (AvgIpc) is 2.96. The highest BCUT2D eigenvalue weighted by atomic mass is 28.5. The van der Waals surface area contributed by atoms with Gasteiger partial charge in [0.1, 0.15) is 0 Å². The van der Waals surface area contributed by atoms with E-state index < -0.39 is 25.7 Å². The normalized spacial score (nSPS) is 28.8. The van der Waals surface area contributed by atoms with Gasteiger partial charge in [0.05, 0.1) is 0 Å². The minimum atomic E-state index is -2.96. The first-order valence-corrected chi connectivity index (χ1v) is 19.3. The first kappa shape index (κ1) is 27.2. The third-order valence-electron chi connectivity index (χ3n) is 8.22. The van der Waals surface area contributed by atoms with Crippen LogP contribution in [0.5, 0.6) is 0 Å². The fourth-order valence-electron chi connectivity index (χ4n) is 5.37. The zero-order valence-corrected chi connectivity index (χ0v) is 25.7. The van der Waals surface area contributed by atoms with Gasteiger partial charge in [0.25, 0.3) is 0 Å². The van der Waals surface area contributed by atoms with Crippen LogP contribution in [0.3, 0.4) is 0 Å². The van der Waals surface area contributed by atoms with Crippen LogP contribution in [0.25, 0.3) is 0 Å². The molecule has 3 aromatic rings. The van der Waals surface area contributed by atoms with Crippen LogP contribution in [0, 0.1) is 0 Å². The molecule has 1 saturated heterocycles. The van der Waals surface area contributed by atoms with E-state index >= 15 is 0 Å². The van der Waals surface area contributed by atoms with Gasteiger partial charge in [-0.1, -0.05) is 152 Å². The molecule has 1 aliphatic heterocycles. The van der Waals surface area contributed by atoms with E-state index in [-0.39, 0.29) is 16.6 Å². The van der Waals surface area contributed by atoms with Crippen LogP contribution < -0.4 is 15.6 Å². The van der Waals surface area contributed by atoms with Crippen molar-refractivity contribution in [2.45, 2.75) is 77.4 Å². The monoisotopic (exact) mass is 534 g/mol. The molecule has 0 aliphatic carbocycles. The summed E-state index contributed by atoms with van der Waals surface area (Å²) in [5, 5.41) is 3.69. The highest BCUT2D eigenvalue weighted by Crippen LogP contribution is 2.46. The fourth-order valence-corrected chi connectivity index (χ4v) is 25.3. The number of benzene rings is 3. The summed E-state index contributed by atoms with van der Waals surface area (Å²) in [5.74, 6) is 0. The standard InChI is InChI=1S/C30H42O3Si3/c1-7-25(4)34(28-19-13-10-14-20-28)31-35(26(5)8-2,29-21-15-11-16-22-29)33-36(32-34,27(6)9-3)30-23-17-12-18-24-30/h10-27H,7-9H2,1-6H3/t25-,26-,27-,34?,35?,36?/m0/s1.